The van der Waals surface area contributed by atoms with Crippen LogP contribution in [0.25, 0.3) is 11.1 Å². The van der Waals surface area contributed by atoms with Gasteiger partial charge < -0.3 is 5.11 Å². The van der Waals surface area contributed by atoms with Crippen LogP contribution in [-0.4, -0.2) is 11.1 Å². The second-order valence-corrected chi connectivity index (χ2v) is 4.44. The van der Waals surface area contributed by atoms with Crippen LogP contribution in [0, 0.1) is 5.82 Å². The Morgan fingerprint density at radius 3 is 2.50 bits per heavy atom. The lowest BCUT2D eigenvalue weighted by atomic mass is 9.99. The summed E-state index contributed by atoms with van der Waals surface area (Å²) in [5, 5.41) is 9.76. The maximum Gasteiger partial charge on any atom is 0.339 e. The normalized spacial score (nSPS) is 10.4. The summed E-state index contributed by atoms with van der Waals surface area (Å²) in [5.74, 6) is -2.16. The molecular formula is C13H7Cl2FO2. The van der Waals surface area contributed by atoms with Gasteiger partial charge in [-0.3, -0.25) is 0 Å². The molecule has 1 N–H and O–H groups in total. The van der Waals surface area contributed by atoms with Gasteiger partial charge in [-0.15, -0.1) is 0 Å². The number of carboxylic acid groups (broad SMARTS) is 1. The van der Waals surface area contributed by atoms with Crippen LogP contribution in [0.2, 0.25) is 10.0 Å². The first-order valence-corrected chi connectivity index (χ1v) is 5.73. The summed E-state index contributed by atoms with van der Waals surface area (Å²) in [4.78, 5) is 11.1. The van der Waals surface area contributed by atoms with Crippen LogP contribution in [0.3, 0.4) is 0 Å². The second-order valence-electron chi connectivity index (χ2n) is 3.59. The van der Waals surface area contributed by atoms with Gasteiger partial charge in [-0.1, -0.05) is 35.3 Å². The lowest BCUT2D eigenvalue weighted by Crippen LogP contribution is -2.03. The third-order valence-corrected chi connectivity index (χ3v) is 3.01. The Hall–Kier alpha value is -1.58. The molecule has 0 bridgehead atoms. The van der Waals surface area contributed by atoms with Crippen LogP contribution in [0.4, 0.5) is 4.39 Å². The molecule has 0 amide bonds. The van der Waals surface area contributed by atoms with Crippen LogP contribution >= 0.6 is 23.2 Å². The zero-order valence-corrected chi connectivity index (χ0v) is 10.5. The van der Waals surface area contributed by atoms with Gasteiger partial charge in [0, 0.05) is 21.2 Å². The minimum atomic E-state index is -1.35. The SMILES string of the molecule is O=C(O)c1c(F)cccc1-c1cc(Cl)ccc1Cl. The van der Waals surface area contributed by atoms with E-state index in [1.807, 2.05) is 0 Å². The number of hydrogen-bond acceptors (Lipinski definition) is 1. The van der Waals surface area contributed by atoms with Crippen LogP contribution < -0.4 is 0 Å². The third kappa shape index (κ3) is 2.33. The average molecular weight is 285 g/mol. The summed E-state index contributed by atoms with van der Waals surface area (Å²) in [6.45, 7) is 0. The van der Waals surface area contributed by atoms with E-state index in [9.17, 15) is 9.18 Å². The van der Waals surface area contributed by atoms with Crippen molar-refractivity contribution in [3.63, 3.8) is 0 Å². The number of carbonyl (C=O) groups is 1. The lowest BCUT2D eigenvalue weighted by molar-refractivity contribution is 0.0693. The molecular weight excluding hydrogens is 278 g/mol. The van der Waals surface area contributed by atoms with E-state index in [2.05, 4.69) is 0 Å². The molecule has 0 heterocycles. The van der Waals surface area contributed by atoms with Crippen molar-refractivity contribution in [2.45, 2.75) is 0 Å². The van der Waals surface area contributed by atoms with Crippen molar-refractivity contribution in [2.75, 3.05) is 0 Å². The van der Waals surface area contributed by atoms with Crippen molar-refractivity contribution < 1.29 is 14.3 Å². The van der Waals surface area contributed by atoms with E-state index in [0.717, 1.165) is 6.07 Å². The minimum absolute atomic E-state index is 0.204. The predicted molar refractivity (Wildman–Crippen MR) is 68.8 cm³/mol. The summed E-state index contributed by atoms with van der Waals surface area (Å²) >= 11 is 11.8. The summed E-state index contributed by atoms with van der Waals surface area (Å²) in [6, 6.07) is 8.62. The van der Waals surface area contributed by atoms with Crippen LogP contribution in [0.1, 0.15) is 10.4 Å². The van der Waals surface area contributed by atoms with Gasteiger partial charge in [0.25, 0.3) is 0 Å². The van der Waals surface area contributed by atoms with Gasteiger partial charge in [-0.2, -0.15) is 0 Å². The molecule has 5 heteroatoms. The minimum Gasteiger partial charge on any atom is -0.478 e. The van der Waals surface area contributed by atoms with Crippen LogP contribution in [-0.2, 0) is 0 Å². The van der Waals surface area contributed by atoms with Gasteiger partial charge in [0.15, 0.2) is 0 Å². The van der Waals surface area contributed by atoms with Crippen molar-refractivity contribution in [1.29, 1.82) is 0 Å². The topological polar surface area (TPSA) is 37.3 Å². The fourth-order valence-electron chi connectivity index (χ4n) is 1.67. The van der Waals surface area contributed by atoms with Gasteiger partial charge in [0.2, 0.25) is 0 Å². The molecule has 0 radical (unpaired) electrons. The zero-order valence-electron chi connectivity index (χ0n) is 8.95. The summed E-state index contributed by atoms with van der Waals surface area (Å²) in [6.07, 6.45) is 0. The molecule has 0 saturated carbocycles. The smallest absolute Gasteiger partial charge is 0.339 e. The monoisotopic (exact) mass is 284 g/mol. The highest BCUT2D eigenvalue weighted by Crippen LogP contribution is 2.33. The molecule has 0 unspecified atom stereocenters. The Morgan fingerprint density at radius 1 is 1.11 bits per heavy atom. The average Bonchev–Trinajstić information content (AvgIpc) is 2.31. The number of halogens is 3. The number of hydrogen-bond donors (Lipinski definition) is 1. The molecule has 2 rings (SSSR count). The van der Waals surface area contributed by atoms with E-state index in [-0.39, 0.29) is 5.56 Å². The first-order valence-electron chi connectivity index (χ1n) is 4.98. The Labute approximate surface area is 113 Å². The first kappa shape index (κ1) is 12.9. The molecule has 92 valence electrons. The Morgan fingerprint density at radius 2 is 1.83 bits per heavy atom. The molecule has 0 atom stereocenters. The molecule has 0 aliphatic rings. The van der Waals surface area contributed by atoms with Gasteiger partial charge in [-0.25, -0.2) is 9.18 Å². The van der Waals surface area contributed by atoms with Gasteiger partial charge in [-0.05, 0) is 24.3 Å². The van der Waals surface area contributed by atoms with E-state index in [0.29, 0.717) is 15.6 Å². The highest BCUT2D eigenvalue weighted by atomic mass is 35.5. The molecule has 0 fully saturated rings. The zero-order chi connectivity index (χ0) is 13.3. The molecule has 0 aliphatic heterocycles. The molecule has 0 spiro atoms. The van der Waals surface area contributed by atoms with Crippen molar-refractivity contribution in [2.24, 2.45) is 0 Å². The maximum atomic E-state index is 13.6. The molecule has 2 aromatic rings. The Balaban J connectivity index is 2.75. The van der Waals surface area contributed by atoms with Crippen molar-refractivity contribution in [3.8, 4) is 11.1 Å². The quantitative estimate of drug-likeness (QED) is 0.882. The van der Waals surface area contributed by atoms with Crippen molar-refractivity contribution >= 4 is 29.2 Å². The third-order valence-electron chi connectivity index (χ3n) is 2.45. The Kier molecular flexibility index (Phi) is 3.55. The summed E-state index contributed by atoms with van der Waals surface area (Å²) < 4.78 is 13.6. The molecule has 18 heavy (non-hydrogen) atoms. The highest BCUT2D eigenvalue weighted by molar-refractivity contribution is 6.35. The van der Waals surface area contributed by atoms with Crippen LogP contribution in [0.15, 0.2) is 36.4 Å². The number of carboxylic acids is 1. The predicted octanol–water partition coefficient (Wildman–Crippen LogP) is 4.50. The Bertz CT molecular complexity index is 626. The number of rotatable bonds is 2. The van der Waals surface area contributed by atoms with Gasteiger partial charge in [0.05, 0.1) is 0 Å². The van der Waals surface area contributed by atoms with Crippen molar-refractivity contribution in [1.82, 2.24) is 0 Å². The van der Waals surface area contributed by atoms with E-state index in [1.165, 1.54) is 24.3 Å². The fraction of sp³-hybridized carbons (Fsp3) is 0. The molecule has 0 aliphatic carbocycles. The largest absolute Gasteiger partial charge is 0.478 e. The molecule has 0 aromatic heterocycles. The van der Waals surface area contributed by atoms with E-state index in [1.54, 1.807) is 6.07 Å². The van der Waals surface area contributed by atoms with E-state index < -0.39 is 17.3 Å². The molecule has 0 saturated heterocycles. The van der Waals surface area contributed by atoms with Crippen LogP contribution in [0.5, 0.6) is 0 Å². The fourth-order valence-corrected chi connectivity index (χ4v) is 2.06. The van der Waals surface area contributed by atoms with Gasteiger partial charge >= 0.3 is 5.97 Å². The number of aromatic carboxylic acids is 1. The van der Waals surface area contributed by atoms with Gasteiger partial charge in [0.1, 0.15) is 11.4 Å². The maximum absolute atomic E-state index is 13.6. The summed E-state index contributed by atoms with van der Waals surface area (Å²) in [5.41, 5.74) is 0.178. The molecule has 2 aromatic carbocycles. The highest BCUT2D eigenvalue weighted by Gasteiger charge is 2.18. The molecule has 2 nitrogen and oxygen atoms in total. The summed E-state index contributed by atoms with van der Waals surface area (Å²) in [7, 11) is 0. The van der Waals surface area contributed by atoms with E-state index >= 15 is 0 Å². The van der Waals surface area contributed by atoms with Crippen molar-refractivity contribution in [3.05, 3.63) is 57.8 Å². The number of benzene rings is 2. The standard InChI is InChI=1S/C13H7Cl2FO2/c14-7-4-5-10(15)9(6-7)8-2-1-3-11(16)12(8)13(17)18/h1-6H,(H,17,18). The van der Waals surface area contributed by atoms with E-state index in [4.69, 9.17) is 28.3 Å². The first-order chi connectivity index (χ1) is 8.50. The second kappa shape index (κ2) is 4.96. The lowest BCUT2D eigenvalue weighted by Gasteiger charge is -2.09.